The minimum atomic E-state index is 0.585. The summed E-state index contributed by atoms with van der Waals surface area (Å²) in [4.78, 5) is 5.05. The summed E-state index contributed by atoms with van der Waals surface area (Å²) in [5, 5.41) is 5.02. The first kappa shape index (κ1) is 11.5. The Bertz CT molecular complexity index is 298. The van der Waals surface area contributed by atoms with Crippen LogP contribution in [0.1, 0.15) is 25.2 Å². The molecule has 0 amide bonds. The number of hydroxylamine groups is 1. The number of hydrogen-bond donors (Lipinski definition) is 1. The summed E-state index contributed by atoms with van der Waals surface area (Å²) in [5.74, 6) is 0. The Balaban J connectivity index is 2.72. The second kappa shape index (κ2) is 5.34. The summed E-state index contributed by atoms with van der Waals surface area (Å²) in [6, 6.07) is 0. The van der Waals surface area contributed by atoms with E-state index >= 15 is 0 Å². The van der Waals surface area contributed by atoms with Crippen LogP contribution in [0.15, 0.2) is 0 Å². The minimum Gasteiger partial charge on any atom is -0.302 e. The van der Waals surface area contributed by atoms with Crippen molar-refractivity contribution in [2.24, 2.45) is 0 Å². The summed E-state index contributed by atoms with van der Waals surface area (Å²) in [6.45, 7) is 7.90. The van der Waals surface area contributed by atoms with Crippen molar-refractivity contribution in [1.82, 2.24) is 15.3 Å². The van der Waals surface area contributed by atoms with Crippen LogP contribution >= 0.6 is 11.6 Å². The molecule has 0 bridgehead atoms. The molecule has 0 atom stereocenters. The fraction of sp³-hybridized carbons (Fsp3) is 0.667. The molecule has 14 heavy (non-hydrogen) atoms. The van der Waals surface area contributed by atoms with Gasteiger partial charge in [0.25, 0.3) is 0 Å². The highest BCUT2D eigenvalue weighted by molar-refractivity contribution is 6.31. The van der Waals surface area contributed by atoms with Crippen LogP contribution < -0.4 is 5.48 Å². The number of rotatable bonds is 5. The average molecular weight is 218 g/mol. The maximum absolute atomic E-state index is 6.09. The van der Waals surface area contributed by atoms with E-state index < -0.39 is 0 Å². The minimum absolute atomic E-state index is 0.585. The van der Waals surface area contributed by atoms with E-state index in [1.807, 2.05) is 25.5 Å². The van der Waals surface area contributed by atoms with Crippen LogP contribution in [0.3, 0.4) is 0 Å². The van der Waals surface area contributed by atoms with Gasteiger partial charge in [0.05, 0.1) is 29.6 Å². The second-order valence-corrected chi connectivity index (χ2v) is 3.29. The van der Waals surface area contributed by atoms with Crippen LogP contribution in [0.2, 0.25) is 5.02 Å². The third-order valence-electron chi connectivity index (χ3n) is 1.94. The molecule has 0 radical (unpaired) electrons. The van der Waals surface area contributed by atoms with E-state index in [0.29, 0.717) is 13.2 Å². The maximum Gasteiger partial charge on any atom is 0.0861 e. The summed E-state index contributed by atoms with van der Waals surface area (Å²) < 4.78 is 1.88. The van der Waals surface area contributed by atoms with Gasteiger partial charge < -0.3 is 4.84 Å². The Morgan fingerprint density at radius 1 is 1.50 bits per heavy atom. The molecule has 0 fully saturated rings. The first-order valence-corrected chi connectivity index (χ1v) is 5.14. The second-order valence-electron chi connectivity index (χ2n) is 2.92. The Labute approximate surface area is 89.1 Å². The summed E-state index contributed by atoms with van der Waals surface area (Å²) >= 11 is 6.09. The molecule has 1 heterocycles. The molecule has 1 rings (SSSR count). The SMILES string of the molecule is CCONCc1c(Cl)c(C)nn1CC. The Morgan fingerprint density at radius 2 is 2.21 bits per heavy atom. The predicted molar refractivity (Wildman–Crippen MR) is 56.1 cm³/mol. The monoisotopic (exact) mass is 217 g/mol. The van der Waals surface area contributed by atoms with E-state index in [1.54, 1.807) is 0 Å². The van der Waals surface area contributed by atoms with Gasteiger partial charge in [0.1, 0.15) is 0 Å². The van der Waals surface area contributed by atoms with Crippen molar-refractivity contribution in [2.45, 2.75) is 33.9 Å². The van der Waals surface area contributed by atoms with E-state index in [2.05, 4.69) is 10.6 Å². The van der Waals surface area contributed by atoms with Crippen molar-refractivity contribution in [3.05, 3.63) is 16.4 Å². The molecule has 0 aliphatic rings. The van der Waals surface area contributed by atoms with E-state index in [9.17, 15) is 0 Å². The molecule has 1 aromatic rings. The van der Waals surface area contributed by atoms with E-state index in [-0.39, 0.29) is 0 Å². The average Bonchev–Trinajstić information content (AvgIpc) is 2.45. The van der Waals surface area contributed by atoms with Crippen LogP contribution in [-0.4, -0.2) is 16.4 Å². The normalized spacial score (nSPS) is 10.9. The lowest BCUT2D eigenvalue weighted by Crippen LogP contribution is -2.17. The number of halogens is 1. The van der Waals surface area contributed by atoms with Crippen LogP contribution in [0, 0.1) is 6.92 Å². The Hall–Kier alpha value is -0.580. The van der Waals surface area contributed by atoms with Crippen molar-refractivity contribution >= 4 is 11.6 Å². The molecule has 0 aromatic carbocycles. The molecule has 0 aliphatic carbocycles. The summed E-state index contributed by atoms with van der Waals surface area (Å²) in [5.41, 5.74) is 4.67. The number of aromatic nitrogens is 2. The zero-order chi connectivity index (χ0) is 10.6. The van der Waals surface area contributed by atoms with Gasteiger partial charge in [-0.25, -0.2) is 0 Å². The fourth-order valence-electron chi connectivity index (χ4n) is 1.26. The van der Waals surface area contributed by atoms with Crippen molar-refractivity contribution in [1.29, 1.82) is 0 Å². The summed E-state index contributed by atoms with van der Waals surface area (Å²) in [7, 11) is 0. The topological polar surface area (TPSA) is 39.1 Å². The van der Waals surface area contributed by atoms with Gasteiger partial charge in [-0.1, -0.05) is 11.6 Å². The third kappa shape index (κ3) is 2.47. The first-order valence-electron chi connectivity index (χ1n) is 4.77. The number of hydrogen-bond acceptors (Lipinski definition) is 3. The zero-order valence-corrected chi connectivity index (χ0v) is 9.56. The molecule has 1 N–H and O–H groups in total. The molecule has 0 aliphatic heterocycles. The van der Waals surface area contributed by atoms with E-state index in [0.717, 1.165) is 23.0 Å². The van der Waals surface area contributed by atoms with Crippen LogP contribution in [-0.2, 0) is 17.9 Å². The van der Waals surface area contributed by atoms with Crippen molar-refractivity contribution < 1.29 is 4.84 Å². The van der Waals surface area contributed by atoms with Crippen molar-refractivity contribution in [3.63, 3.8) is 0 Å². The molecule has 0 unspecified atom stereocenters. The lowest BCUT2D eigenvalue weighted by atomic mass is 10.3. The van der Waals surface area contributed by atoms with Crippen LogP contribution in [0.5, 0.6) is 0 Å². The lowest BCUT2D eigenvalue weighted by Gasteiger charge is -2.06. The maximum atomic E-state index is 6.09. The molecule has 80 valence electrons. The molecular weight excluding hydrogens is 202 g/mol. The number of nitrogens with zero attached hydrogens (tertiary/aromatic N) is 2. The van der Waals surface area contributed by atoms with Crippen LogP contribution in [0.25, 0.3) is 0 Å². The van der Waals surface area contributed by atoms with Crippen molar-refractivity contribution in [2.75, 3.05) is 6.61 Å². The third-order valence-corrected chi connectivity index (χ3v) is 2.43. The van der Waals surface area contributed by atoms with Gasteiger partial charge in [0.2, 0.25) is 0 Å². The van der Waals surface area contributed by atoms with Gasteiger partial charge in [-0.3, -0.25) is 4.68 Å². The van der Waals surface area contributed by atoms with Crippen LogP contribution in [0.4, 0.5) is 0 Å². The highest BCUT2D eigenvalue weighted by atomic mass is 35.5. The van der Waals surface area contributed by atoms with Crippen molar-refractivity contribution in [3.8, 4) is 0 Å². The molecule has 0 saturated carbocycles. The Kier molecular flexibility index (Phi) is 4.38. The van der Waals surface area contributed by atoms with Gasteiger partial charge in [0.15, 0.2) is 0 Å². The predicted octanol–water partition coefficient (Wildman–Crippen LogP) is 1.91. The molecule has 1 aromatic heterocycles. The highest BCUT2D eigenvalue weighted by Gasteiger charge is 2.11. The van der Waals surface area contributed by atoms with Gasteiger partial charge in [-0.05, 0) is 20.8 Å². The molecule has 0 saturated heterocycles. The van der Waals surface area contributed by atoms with Gasteiger partial charge in [0, 0.05) is 6.54 Å². The number of aryl methyl sites for hydroxylation is 2. The quantitative estimate of drug-likeness (QED) is 0.605. The highest BCUT2D eigenvalue weighted by Crippen LogP contribution is 2.19. The van der Waals surface area contributed by atoms with Gasteiger partial charge in [-0.2, -0.15) is 10.6 Å². The molecule has 4 nitrogen and oxygen atoms in total. The smallest absolute Gasteiger partial charge is 0.0861 e. The number of nitrogens with one attached hydrogen (secondary N) is 1. The first-order chi connectivity index (χ1) is 6.70. The fourth-order valence-corrected chi connectivity index (χ4v) is 1.46. The largest absolute Gasteiger partial charge is 0.302 e. The molecule has 0 spiro atoms. The Morgan fingerprint density at radius 3 is 2.79 bits per heavy atom. The zero-order valence-electron chi connectivity index (χ0n) is 8.80. The van der Waals surface area contributed by atoms with E-state index in [4.69, 9.17) is 16.4 Å². The molecular formula is C9H16ClN3O. The van der Waals surface area contributed by atoms with Gasteiger partial charge >= 0.3 is 0 Å². The van der Waals surface area contributed by atoms with Gasteiger partial charge in [-0.15, -0.1) is 0 Å². The molecule has 5 heteroatoms. The lowest BCUT2D eigenvalue weighted by molar-refractivity contribution is 0.0448. The standard InChI is InChI=1S/C9H16ClN3O/c1-4-13-8(6-11-14-5-2)9(10)7(3)12-13/h11H,4-6H2,1-3H3. The summed E-state index contributed by atoms with van der Waals surface area (Å²) in [6.07, 6.45) is 0. The van der Waals surface area contributed by atoms with E-state index in [1.165, 1.54) is 0 Å².